The van der Waals surface area contributed by atoms with E-state index in [1.165, 1.54) is 42.5 Å². The molecule has 0 unspecified atom stereocenters. The maximum atomic E-state index is 12.1. The van der Waals surface area contributed by atoms with Crippen molar-refractivity contribution in [3.05, 3.63) is 59.7 Å². The number of hydrogen-bond donors (Lipinski definition) is 2. The number of anilines is 1. The van der Waals surface area contributed by atoms with Gasteiger partial charge in [0.25, 0.3) is 0 Å². The summed E-state index contributed by atoms with van der Waals surface area (Å²) < 4.78 is 52.6. The van der Waals surface area contributed by atoms with Crippen molar-refractivity contribution in [1.82, 2.24) is 0 Å². The number of carboxylic acid groups (broad SMARTS) is 1. The van der Waals surface area contributed by atoms with Crippen LogP contribution in [0.15, 0.2) is 48.5 Å². The number of carboxylic acids is 1. The molecular formula is C18H17NO5. The van der Waals surface area contributed by atoms with Crippen LogP contribution in [0.4, 0.5) is 5.69 Å². The maximum absolute atomic E-state index is 12.1. The standard InChI is InChI=1S/C18H17NO5/c1-23-15-9-7-12(11-16(15)24-2)8-10-17(20)19-14-6-4-3-5-13(14)18(21)22/h3-11H,1-2H3,(H,19,20)(H,21,22)/b10-8+/i1D3,2D3. The van der Waals surface area contributed by atoms with Crippen LogP contribution in [0, 0.1) is 0 Å². The Kier molecular flexibility index (Phi) is 3.42. The first-order valence-electron chi connectivity index (χ1n) is 9.67. The topological polar surface area (TPSA) is 84.9 Å². The lowest BCUT2D eigenvalue weighted by molar-refractivity contribution is -0.111. The predicted molar refractivity (Wildman–Crippen MR) is 90.6 cm³/mol. The van der Waals surface area contributed by atoms with Gasteiger partial charge in [-0.1, -0.05) is 18.2 Å². The number of methoxy groups -OCH3 is 2. The van der Waals surface area contributed by atoms with Crippen molar-refractivity contribution in [2.75, 3.05) is 19.4 Å². The molecule has 0 aliphatic heterocycles. The van der Waals surface area contributed by atoms with Gasteiger partial charge < -0.3 is 19.9 Å². The van der Waals surface area contributed by atoms with Gasteiger partial charge in [-0.15, -0.1) is 0 Å². The SMILES string of the molecule is [2H]C([2H])([2H])Oc1ccc(/C=C/C(=O)Nc2ccccc2C(=O)O)cc1OC([2H])([2H])[2H]. The first-order chi connectivity index (χ1) is 13.8. The van der Waals surface area contributed by atoms with Crippen LogP contribution < -0.4 is 14.8 Å². The van der Waals surface area contributed by atoms with Gasteiger partial charge in [-0.25, -0.2) is 4.79 Å². The van der Waals surface area contributed by atoms with Crippen LogP contribution in [0.3, 0.4) is 0 Å². The molecule has 6 nitrogen and oxygen atoms in total. The van der Waals surface area contributed by atoms with Crippen molar-refractivity contribution in [3.8, 4) is 11.5 Å². The zero-order chi connectivity index (χ0) is 22.5. The van der Waals surface area contributed by atoms with Crippen LogP contribution in [0.1, 0.15) is 24.1 Å². The third-order valence-electron chi connectivity index (χ3n) is 3.03. The molecule has 24 heavy (non-hydrogen) atoms. The number of carbonyl (C=O) groups excluding carboxylic acids is 1. The molecule has 0 heterocycles. The molecule has 2 aromatic rings. The molecule has 0 fully saturated rings. The number of para-hydroxylation sites is 1. The van der Waals surface area contributed by atoms with E-state index in [1.807, 2.05) is 0 Å². The van der Waals surface area contributed by atoms with E-state index in [9.17, 15) is 9.59 Å². The molecule has 0 aliphatic carbocycles. The maximum Gasteiger partial charge on any atom is 0.337 e. The molecule has 6 heteroatoms. The average molecular weight is 333 g/mol. The Morgan fingerprint density at radius 3 is 2.62 bits per heavy atom. The fourth-order valence-corrected chi connectivity index (χ4v) is 1.92. The summed E-state index contributed by atoms with van der Waals surface area (Å²) in [7, 11) is -5.67. The van der Waals surface area contributed by atoms with E-state index in [0.717, 1.165) is 6.08 Å². The van der Waals surface area contributed by atoms with Crippen molar-refractivity contribution in [2.24, 2.45) is 0 Å². The predicted octanol–water partition coefficient (Wildman–Crippen LogP) is 3.05. The number of ether oxygens (including phenoxy) is 2. The fourth-order valence-electron chi connectivity index (χ4n) is 1.92. The van der Waals surface area contributed by atoms with Crippen LogP contribution in [0.25, 0.3) is 6.08 Å². The molecule has 0 bridgehead atoms. The van der Waals surface area contributed by atoms with Gasteiger partial charge in [-0.05, 0) is 35.9 Å². The molecule has 0 saturated carbocycles. The molecule has 2 rings (SSSR count). The van der Waals surface area contributed by atoms with Crippen molar-refractivity contribution >= 4 is 23.6 Å². The summed E-state index contributed by atoms with van der Waals surface area (Å²) in [5.41, 5.74) is 0.333. The van der Waals surface area contributed by atoms with Gasteiger partial charge in [0.2, 0.25) is 5.91 Å². The number of hydrogen-bond acceptors (Lipinski definition) is 4. The van der Waals surface area contributed by atoms with Gasteiger partial charge in [-0.3, -0.25) is 4.79 Å². The number of nitrogens with one attached hydrogen (secondary N) is 1. The summed E-state index contributed by atoms with van der Waals surface area (Å²) >= 11 is 0. The van der Waals surface area contributed by atoms with Gasteiger partial charge >= 0.3 is 5.97 Å². The van der Waals surface area contributed by atoms with Crippen molar-refractivity contribution in [2.45, 2.75) is 0 Å². The summed E-state index contributed by atoms with van der Waals surface area (Å²) in [6.07, 6.45) is 2.40. The van der Waals surface area contributed by atoms with Gasteiger partial charge in [0, 0.05) is 6.08 Å². The van der Waals surface area contributed by atoms with Crippen molar-refractivity contribution < 1.29 is 32.4 Å². The van der Waals surface area contributed by atoms with E-state index in [1.54, 1.807) is 6.07 Å². The number of amides is 1. The summed E-state index contributed by atoms with van der Waals surface area (Å²) in [6.45, 7) is 0. The second-order valence-corrected chi connectivity index (χ2v) is 4.58. The van der Waals surface area contributed by atoms with E-state index in [2.05, 4.69) is 5.32 Å². The van der Waals surface area contributed by atoms with Crippen LogP contribution in [-0.4, -0.2) is 31.1 Å². The largest absolute Gasteiger partial charge is 0.493 e. The number of aromatic carboxylic acids is 1. The van der Waals surface area contributed by atoms with E-state index in [-0.39, 0.29) is 22.7 Å². The van der Waals surface area contributed by atoms with Crippen LogP contribution in [-0.2, 0) is 4.79 Å². The second kappa shape index (κ2) is 7.82. The highest BCUT2D eigenvalue weighted by molar-refractivity contribution is 6.06. The lowest BCUT2D eigenvalue weighted by Crippen LogP contribution is -2.11. The summed E-state index contributed by atoms with van der Waals surface area (Å²) in [5.74, 6) is -2.48. The van der Waals surface area contributed by atoms with Gasteiger partial charge in [0.1, 0.15) is 0 Å². The summed E-state index contributed by atoms with van der Waals surface area (Å²) in [5, 5.41) is 11.6. The quantitative estimate of drug-likeness (QED) is 0.794. The van der Waals surface area contributed by atoms with E-state index >= 15 is 0 Å². The number of carbonyl (C=O) groups is 2. The third kappa shape index (κ3) is 4.13. The van der Waals surface area contributed by atoms with Crippen LogP contribution in [0.5, 0.6) is 11.5 Å². The monoisotopic (exact) mass is 333 g/mol. The van der Waals surface area contributed by atoms with E-state index in [4.69, 9.17) is 22.8 Å². The first-order valence-corrected chi connectivity index (χ1v) is 6.67. The Morgan fingerprint density at radius 1 is 1.12 bits per heavy atom. The minimum Gasteiger partial charge on any atom is -0.493 e. The highest BCUT2D eigenvalue weighted by Crippen LogP contribution is 2.28. The minimum absolute atomic E-state index is 0.0845. The van der Waals surface area contributed by atoms with Gasteiger partial charge in [0.15, 0.2) is 11.5 Å². The molecule has 0 atom stereocenters. The Bertz CT molecular complexity index is 968. The normalized spacial score (nSPS) is 15.2. The Hall–Kier alpha value is -3.28. The van der Waals surface area contributed by atoms with Crippen LogP contribution >= 0.6 is 0 Å². The molecule has 0 aromatic heterocycles. The lowest BCUT2D eigenvalue weighted by atomic mass is 10.1. The first kappa shape index (κ1) is 10.5. The molecule has 0 radical (unpaired) electrons. The average Bonchev–Trinajstić information content (AvgIpc) is 2.60. The summed E-state index contributed by atoms with van der Waals surface area (Å²) in [6, 6.07) is 9.63. The zero-order valence-electron chi connectivity index (χ0n) is 18.3. The molecule has 124 valence electrons. The second-order valence-electron chi connectivity index (χ2n) is 4.58. The highest BCUT2D eigenvalue weighted by atomic mass is 16.5. The minimum atomic E-state index is -2.85. The third-order valence-corrected chi connectivity index (χ3v) is 3.03. The molecule has 1 amide bonds. The Morgan fingerprint density at radius 2 is 1.88 bits per heavy atom. The number of benzene rings is 2. The smallest absolute Gasteiger partial charge is 0.337 e. The molecule has 0 aliphatic rings. The van der Waals surface area contributed by atoms with Crippen molar-refractivity contribution in [1.29, 1.82) is 0 Å². The van der Waals surface area contributed by atoms with Gasteiger partial charge in [-0.2, -0.15) is 0 Å². The van der Waals surface area contributed by atoms with Crippen molar-refractivity contribution in [3.63, 3.8) is 0 Å². The highest BCUT2D eigenvalue weighted by Gasteiger charge is 2.10. The summed E-state index contributed by atoms with van der Waals surface area (Å²) in [4.78, 5) is 23.3. The molecule has 2 aromatic carbocycles. The molecule has 0 saturated heterocycles. The van der Waals surface area contributed by atoms with E-state index < -0.39 is 26.0 Å². The number of rotatable bonds is 6. The van der Waals surface area contributed by atoms with Crippen LogP contribution in [0.2, 0.25) is 0 Å². The van der Waals surface area contributed by atoms with E-state index in [0.29, 0.717) is 5.56 Å². The Balaban J connectivity index is 2.23. The molecule has 2 N–H and O–H groups in total. The molecular weight excluding hydrogens is 310 g/mol. The zero-order valence-corrected chi connectivity index (χ0v) is 12.3. The van der Waals surface area contributed by atoms with Gasteiger partial charge in [0.05, 0.1) is 33.6 Å². The lowest BCUT2D eigenvalue weighted by Gasteiger charge is -2.08. The fraction of sp³-hybridized carbons (Fsp3) is 0.111. The Labute approximate surface area is 147 Å². The molecule has 0 spiro atoms.